The van der Waals surface area contributed by atoms with E-state index in [1.165, 1.54) is 0 Å². The van der Waals surface area contributed by atoms with E-state index in [1.807, 2.05) is 36.4 Å². The van der Waals surface area contributed by atoms with E-state index in [2.05, 4.69) is 5.32 Å². The van der Waals surface area contributed by atoms with Gasteiger partial charge in [-0.15, -0.1) is 0 Å². The molecule has 1 N–H and O–H groups in total. The van der Waals surface area contributed by atoms with E-state index in [1.54, 1.807) is 12.1 Å². The lowest BCUT2D eigenvalue weighted by atomic mass is 9.96. The number of ketones is 1. The van der Waals surface area contributed by atoms with Gasteiger partial charge in [-0.25, -0.2) is 0 Å². The standard InChI is InChI=1S/C20H15NO4/c22-16(18-8-13-3-1-2-4-17(13)25-18)10-15-14-9-20-19(23-11-24-20)7-12(14)5-6-21-15/h1-4,7-10,21H,5-6,11H2/b15-10-. The number of ether oxygens (including phenoxy) is 2. The molecule has 0 saturated carbocycles. The van der Waals surface area contributed by atoms with E-state index >= 15 is 0 Å². The molecule has 0 amide bonds. The van der Waals surface area contributed by atoms with Crippen LogP contribution in [0.15, 0.2) is 53.0 Å². The fourth-order valence-corrected chi connectivity index (χ4v) is 3.30. The minimum absolute atomic E-state index is 0.163. The molecule has 25 heavy (non-hydrogen) atoms. The Labute approximate surface area is 143 Å². The van der Waals surface area contributed by atoms with Gasteiger partial charge in [-0.2, -0.15) is 0 Å². The predicted molar refractivity (Wildman–Crippen MR) is 92.8 cm³/mol. The van der Waals surface area contributed by atoms with Crippen molar-refractivity contribution >= 4 is 22.4 Å². The Bertz CT molecular complexity index is 998. The highest BCUT2D eigenvalue weighted by atomic mass is 16.7. The van der Waals surface area contributed by atoms with E-state index in [0.29, 0.717) is 17.1 Å². The molecule has 0 fully saturated rings. The van der Waals surface area contributed by atoms with Gasteiger partial charge in [0.05, 0.1) is 0 Å². The first-order valence-electron chi connectivity index (χ1n) is 8.19. The first-order valence-corrected chi connectivity index (χ1v) is 8.19. The first-order chi connectivity index (χ1) is 12.3. The molecular weight excluding hydrogens is 318 g/mol. The molecule has 2 aliphatic rings. The van der Waals surface area contributed by atoms with Crippen LogP contribution in [-0.4, -0.2) is 19.1 Å². The smallest absolute Gasteiger partial charge is 0.231 e. The second-order valence-corrected chi connectivity index (χ2v) is 6.11. The molecule has 0 bridgehead atoms. The highest BCUT2D eigenvalue weighted by Crippen LogP contribution is 2.38. The van der Waals surface area contributed by atoms with Crippen LogP contribution >= 0.6 is 0 Å². The Balaban J connectivity index is 1.54. The summed E-state index contributed by atoms with van der Waals surface area (Å²) < 4.78 is 16.6. The average molecular weight is 333 g/mol. The van der Waals surface area contributed by atoms with Gasteiger partial charge in [0, 0.05) is 29.3 Å². The monoisotopic (exact) mass is 333 g/mol. The quantitative estimate of drug-likeness (QED) is 0.574. The highest BCUT2D eigenvalue weighted by Gasteiger charge is 2.22. The van der Waals surface area contributed by atoms with Crippen LogP contribution in [0.5, 0.6) is 11.5 Å². The molecule has 2 aliphatic heterocycles. The Morgan fingerprint density at radius 3 is 2.80 bits per heavy atom. The molecule has 0 unspecified atom stereocenters. The number of hydrogen-bond acceptors (Lipinski definition) is 5. The van der Waals surface area contributed by atoms with Crippen LogP contribution in [0, 0.1) is 0 Å². The van der Waals surface area contributed by atoms with E-state index < -0.39 is 0 Å². The maximum atomic E-state index is 12.7. The fraction of sp³-hybridized carbons (Fsp3) is 0.150. The number of carbonyl (C=O) groups is 1. The summed E-state index contributed by atoms with van der Waals surface area (Å²) in [5, 5.41) is 4.22. The van der Waals surface area contributed by atoms with Crippen molar-refractivity contribution < 1.29 is 18.7 Å². The van der Waals surface area contributed by atoms with Crippen molar-refractivity contribution in [2.75, 3.05) is 13.3 Å². The molecule has 5 heteroatoms. The average Bonchev–Trinajstić information content (AvgIpc) is 3.26. The SMILES string of the molecule is O=C(/C=C1\NCCc2cc3c(cc21)OCO3)c1cc2ccccc2o1. The van der Waals surface area contributed by atoms with Crippen molar-refractivity contribution in [2.24, 2.45) is 0 Å². The minimum Gasteiger partial charge on any atom is -0.454 e. The van der Waals surface area contributed by atoms with E-state index in [-0.39, 0.29) is 12.6 Å². The molecule has 1 aromatic heterocycles. The Kier molecular flexibility index (Phi) is 3.06. The summed E-state index contributed by atoms with van der Waals surface area (Å²) in [5.74, 6) is 1.65. The van der Waals surface area contributed by atoms with Gasteiger partial charge in [0.1, 0.15) is 5.58 Å². The van der Waals surface area contributed by atoms with Gasteiger partial charge in [-0.1, -0.05) is 18.2 Å². The maximum Gasteiger partial charge on any atom is 0.231 e. The minimum atomic E-state index is -0.163. The third-order valence-electron chi connectivity index (χ3n) is 4.54. The van der Waals surface area contributed by atoms with Gasteiger partial charge >= 0.3 is 0 Å². The van der Waals surface area contributed by atoms with Crippen LogP contribution in [-0.2, 0) is 6.42 Å². The summed E-state index contributed by atoms with van der Waals surface area (Å²) in [4.78, 5) is 12.7. The van der Waals surface area contributed by atoms with Gasteiger partial charge < -0.3 is 19.2 Å². The zero-order chi connectivity index (χ0) is 16.8. The zero-order valence-electron chi connectivity index (χ0n) is 13.4. The molecule has 0 saturated heterocycles. The van der Waals surface area contributed by atoms with Crippen molar-refractivity contribution in [1.29, 1.82) is 0 Å². The van der Waals surface area contributed by atoms with Crippen LogP contribution < -0.4 is 14.8 Å². The van der Waals surface area contributed by atoms with E-state index in [0.717, 1.165) is 40.9 Å². The fourth-order valence-electron chi connectivity index (χ4n) is 3.30. The summed E-state index contributed by atoms with van der Waals surface area (Å²) in [5.41, 5.74) is 3.61. The molecule has 5 rings (SSSR count). The Morgan fingerprint density at radius 2 is 1.92 bits per heavy atom. The molecule has 5 nitrogen and oxygen atoms in total. The summed E-state index contributed by atoms with van der Waals surface area (Å²) >= 11 is 0. The second-order valence-electron chi connectivity index (χ2n) is 6.11. The highest BCUT2D eigenvalue weighted by molar-refractivity contribution is 6.08. The number of carbonyl (C=O) groups excluding carboxylic acids is 1. The van der Waals surface area contributed by atoms with Crippen molar-refractivity contribution in [3.8, 4) is 11.5 Å². The topological polar surface area (TPSA) is 60.7 Å². The van der Waals surface area contributed by atoms with Crippen molar-refractivity contribution in [1.82, 2.24) is 5.32 Å². The maximum absolute atomic E-state index is 12.7. The van der Waals surface area contributed by atoms with Crippen molar-refractivity contribution in [3.63, 3.8) is 0 Å². The third-order valence-corrected chi connectivity index (χ3v) is 4.54. The van der Waals surface area contributed by atoms with E-state index in [9.17, 15) is 4.79 Å². The molecule has 3 aromatic rings. The number of fused-ring (bicyclic) bond motifs is 3. The lowest BCUT2D eigenvalue weighted by molar-refractivity contribution is 0.102. The van der Waals surface area contributed by atoms with Gasteiger partial charge in [0.25, 0.3) is 0 Å². The number of hydrogen-bond donors (Lipinski definition) is 1. The predicted octanol–water partition coefficient (Wildman–Crippen LogP) is 3.53. The Morgan fingerprint density at radius 1 is 1.08 bits per heavy atom. The molecule has 0 radical (unpaired) electrons. The van der Waals surface area contributed by atoms with Gasteiger partial charge in [-0.05, 0) is 36.2 Å². The third kappa shape index (κ3) is 2.36. The number of benzene rings is 2. The zero-order valence-corrected chi connectivity index (χ0v) is 13.4. The number of nitrogens with one attached hydrogen (secondary N) is 1. The van der Waals surface area contributed by atoms with Crippen molar-refractivity contribution in [3.05, 3.63) is 65.4 Å². The molecule has 0 aliphatic carbocycles. The molecule has 3 heterocycles. The van der Waals surface area contributed by atoms with Gasteiger partial charge in [-0.3, -0.25) is 4.79 Å². The molecule has 0 spiro atoms. The number of rotatable bonds is 2. The lowest BCUT2D eigenvalue weighted by Gasteiger charge is -2.21. The lowest BCUT2D eigenvalue weighted by Crippen LogP contribution is -2.23. The largest absolute Gasteiger partial charge is 0.454 e. The first kappa shape index (κ1) is 14.2. The summed E-state index contributed by atoms with van der Waals surface area (Å²) in [7, 11) is 0. The Hall–Kier alpha value is -3.21. The van der Waals surface area contributed by atoms with Crippen molar-refractivity contribution in [2.45, 2.75) is 6.42 Å². The van der Waals surface area contributed by atoms with Crippen LogP contribution in [0.3, 0.4) is 0 Å². The molecular formula is C20H15NO4. The summed E-state index contributed by atoms with van der Waals surface area (Å²) in [6.45, 7) is 1.01. The van der Waals surface area contributed by atoms with Gasteiger partial charge in [0.2, 0.25) is 12.6 Å². The normalized spacial score (nSPS) is 16.7. The summed E-state index contributed by atoms with van der Waals surface area (Å²) in [6.07, 6.45) is 2.47. The number of furan rings is 1. The number of allylic oxidation sites excluding steroid dienone is 1. The van der Waals surface area contributed by atoms with Crippen LogP contribution in [0.25, 0.3) is 16.7 Å². The summed E-state index contributed by atoms with van der Waals surface area (Å²) in [6, 6.07) is 13.3. The molecule has 2 aromatic carbocycles. The molecule has 124 valence electrons. The second kappa shape index (κ2) is 5.41. The van der Waals surface area contributed by atoms with Gasteiger partial charge in [0.15, 0.2) is 17.3 Å². The van der Waals surface area contributed by atoms with Crippen LogP contribution in [0.4, 0.5) is 0 Å². The van der Waals surface area contributed by atoms with Crippen LogP contribution in [0.2, 0.25) is 0 Å². The van der Waals surface area contributed by atoms with E-state index in [4.69, 9.17) is 13.9 Å². The van der Waals surface area contributed by atoms with Crippen LogP contribution in [0.1, 0.15) is 21.7 Å². The molecule has 0 atom stereocenters. The number of para-hydroxylation sites is 1.